The number of allylic oxidation sites excluding steroid dienone is 3. The molecule has 0 radical (unpaired) electrons. The van der Waals surface area contributed by atoms with Crippen LogP contribution in [0.5, 0.6) is 0 Å². The largest absolute Gasteiger partial charge is 0.465 e. The van der Waals surface area contributed by atoms with Gasteiger partial charge in [0, 0.05) is 12.7 Å². The fraction of sp³-hybridized carbons (Fsp3) is 0.545. The maximum atomic E-state index is 11.9. The van der Waals surface area contributed by atoms with E-state index in [4.69, 9.17) is 14.2 Å². The second-order valence-electron chi connectivity index (χ2n) is 7.60. The zero-order valence-corrected chi connectivity index (χ0v) is 16.7. The number of hydrogen-bond acceptors (Lipinski definition) is 5. The first kappa shape index (κ1) is 21.2. The van der Waals surface area contributed by atoms with E-state index in [1.54, 1.807) is 12.2 Å². The molecule has 5 heteroatoms. The van der Waals surface area contributed by atoms with E-state index < -0.39 is 6.29 Å². The Morgan fingerprint density at radius 2 is 2.15 bits per heavy atom. The molecule has 0 spiro atoms. The molecule has 0 bridgehead atoms. The Labute approximate surface area is 161 Å². The molecule has 0 fully saturated rings. The maximum absolute atomic E-state index is 11.9. The van der Waals surface area contributed by atoms with Gasteiger partial charge in [-0.2, -0.15) is 0 Å². The summed E-state index contributed by atoms with van der Waals surface area (Å²) in [6, 6.07) is 0. The Morgan fingerprint density at radius 3 is 2.78 bits per heavy atom. The van der Waals surface area contributed by atoms with Crippen LogP contribution in [0.15, 0.2) is 47.6 Å². The number of methoxy groups -OCH3 is 2. The van der Waals surface area contributed by atoms with Gasteiger partial charge in [-0.15, -0.1) is 0 Å². The van der Waals surface area contributed by atoms with Crippen LogP contribution < -0.4 is 0 Å². The third kappa shape index (κ3) is 5.19. The molecule has 3 atom stereocenters. The van der Waals surface area contributed by atoms with E-state index in [1.165, 1.54) is 14.2 Å². The average molecular weight is 374 g/mol. The zero-order valence-electron chi connectivity index (χ0n) is 16.7. The number of ether oxygens (including phenoxy) is 3. The molecule has 148 valence electrons. The maximum Gasteiger partial charge on any atom is 0.338 e. The molecule has 27 heavy (non-hydrogen) atoms. The Morgan fingerprint density at radius 1 is 1.41 bits per heavy atom. The molecule has 1 heterocycles. The van der Waals surface area contributed by atoms with E-state index in [-0.39, 0.29) is 17.4 Å². The summed E-state index contributed by atoms with van der Waals surface area (Å²) in [4.78, 5) is 23.9. The number of carbonyl (C=O) groups excluding carboxylic acids is 2. The van der Waals surface area contributed by atoms with Gasteiger partial charge in [-0.1, -0.05) is 32.6 Å². The van der Waals surface area contributed by atoms with Gasteiger partial charge in [0.25, 0.3) is 0 Å². The number of hydrogen-bond donors (Lipinski definition) is 0. The Balaban J connectivity index is 2.13. The molecule has 0 saturated heterocycles. The van der Waals surface area contributed by atoms with E-state index in [2.05, 4.69) is 26.5 Å². The average Bonchev–Trinajstić information content (AvgIpc) is 3.03. The van der Waals surface area contributed by atoms with E-state index in [0.29, 0.717) is 23.5 Å². The monoisotopic (exact) mass is 374 g/mol. The molecular formula is C22H30O5. The summed E-state index contributed by atoms with van der Waals surface area (Å²) in [5.41, 5.74) is 2.05. The van der Waals surface area contributed by atoms with Crippen molar-refractivity contribution in [1.29, 1.82) is 0 Å². The van der Waals surface area contributed by atoms with Gasteiger partial charge in [0.2, 0.25) is 6.29 Å². The highest BCUT2D eigenvalue weighted by atomic mass is 16.7. The summed E-state index contributed by atoms with van der Waals surface area (Å²) in [5.74, 6) is -0.236. The van der Waals surface area contributed by atoms with Gasteiger partial charge in [0.1, 0.15) is 0 Å². The van der Waals surface area contributed by atoms with Crippen LogP contribution in [0, 0.1) is 11.3 Å². The SMILES string of the molecule is C=C1CCC(C)C(C)(CCC2=CC(OC)OC2=O)CC=CC=C1C(=O)OC. The molecular weight excluding hydrogens is 344 g/mol. The summed E-state index contributed by atoms with van der Waals surface area (Å²) < 4.78 is 15.1. The minimum absolute atomic E-state index is 0.0274. The van der Waals surface area contributed by atoms with Crippen molar-refractivity contribution in [1.82, 2.24) is 0 Å². The van der Waals surface area contributed by atoms with Crippen molar-refractivity contribution in [2.45, 2.75) is 52.2 Å². The van der Waals surface area contributed by atoms with Gasteiger partial charge < -0.3 is 14.2 Å². The highest BCUT2D eigenvalue weighted by Gasteiger charge is 2.33. The fourth-order valence-corrected chi connectivity index (χ4v) is 3.53. The summed E-state index contributed by atoms with van der Waals surface area (Å²) in [6.45, 7) is 8.55. The van der Waals surface area contributed by atoms with Crippen molar-refractivity contribution >= 4 is 11.9 Å². The first-order valence-electron chi connectivity index (χ1n) is 9.38. The van der Waals surface area contributed by atoms with Crippen LogP contribution in [0.1, 0.15) is 46.0 Å². The quantitative estimate of drug-likeness (QED) is 0.673. The lowest BCUT2D eigenvalue weighted by Gasteiger charge is -2.36. The first-order valence-corrected chi connectivity index (χ1v) is 9.38. The zero-order chi connectivity index (χ0) is 20.0. The summed E-state index contributed by atoms with van der Waals surface area (Å²) in [5, 5.41) is 0. The highest BCUT2D eigenvalue weighted by molar-refractivity contribution is 5.93. The van der Waals surface area contributed by atoms with Crippen LogP contribution in [-0.2, 0) is 23.8 Å². The summed E-state index contributed by atoms with van der Waals surface area (Å²) in [6.07, 6.45) is 11.0. The molecule has 2 aliphatic rings. The number of cyclic esters (lactones) is 1. The van der Waals surface area contributed by atoms with Gasteiger partial charge in [-0.05, 0) is 61.2 Å². The van der Waals surface area contributed by atoms with Gasteiger partial charge in [0.05, 0.1) is 12.7 Å². The van der Waals surface area contributed by atoms with Crippen molar-refractivity contribution in [3.8, 4) is 0 Å². The summed E-state index contributed by atoms with van der Waals surface area (Å²) >= 11 is 0. The molecule has 5 nitrogen and oxygen atoms in total. The van der Waals surface area contributed by atoms with Crippen LogP contribution in [0.4, 0.5) is 0 Å². The van der Waals surface area contributed by atoms with Crippen molar-refractivity contribution < 1.29 is 23.8 Å². The topological polar surface area (TPSA) is 61.8 Å². The molecule has 1 aliphatic carbocycles. The molecule has 0 saturated carbocycles. The molecule has 1 aliphatic heterocycles. The Bertz CT molecular complexity index is 685. The fourth-order valence-electron chi connectivity index (χ4n) is 3.53. The van der Waals surface area contributed by atoms with Gasteiger partial charge in [-0.25, -0.2) is 9.59 Å². The number of esters is 2. The molecule has 2 rings (SSSR count). The number of carbonyl (C=O) groups is 2. The van der Waals surface area contributed by atoms with E-state index in [9.17, 15) is 9.59 Å². The predicted octanol–water partition coefficient (Wildman–Crippen LogP) is 4.26. The molecule has 0 aromatic heterocycles. The lowest BCUT2D eigenvalue weighted by molar-refractivity contribution is -0.155. The minimum Gasteiger partial charge on any atom is -0.465 e. The van der Waals surface area contributed by atoms with E-state index >= 15 is 0 Å². The van der Waals surface area contributed by atoms with Crippen molar-refractivity contribution in [3.63, 3.8) is 0 Å². The van der Waals surface area contributed by atoms with Crippen LogP contribution in [0.3, 0.4) is 0 Å². The standard InChI is InChI=1S/C22H30O5/c1-15-9-10-16(2)22(3,12-7-6-8-18(15)21(24)26-5)13-11-17-14-19(25-4)27-20(17)23/h6-8,14,16,19H,1,9-13H2,2-5H3. The van der Waals surface area contributed by atoms with Crippen molar-refractivity contribution in [3.05, 3.63) is 47.6 Å². The van der Waals surface area contributed by atoms with Gasteiger partial charge in [-0.3, -0.25) is 0 Å². The third-order valence-electron chi connectivity index (χ3n) is 5.86. The highest BCUT2D eigenvalue weighted by Crippen LogP contribution is 2.42. The Kier molecular flexibility index (Phi) is 7.19. The summed E-state index contributed by atoms with van der Waals surface area (Å²) in [7, 11) is 2.91. The van der Waals surface area contributed by atoms with E-state index in [1.807, 2.05) is 6.08 Å². The van der Waals surface area contributed by atoms with Crippen LogP contribution in [0.2, 0.25) is 0 Å². The third-order valence-corrected chi connectivity index (χ3v) is 5.86. The van der Waals surface area contributed by atoms with Gasteiger partial charge in [0.15, 0.2) is 0 Å². The van der Waals surface area contributed by atoms with Gasteiger partial charge >= 0.3 is 11.9 Å². The normalized spacial score (nSPS) is 29.0. The minimum atomic E-state index is -0.563. The number of rotatable bonds is 5. The van der Waals surface area contributed by atoms with E-state index in [0.717, 1.165) is 31.3 Å². The molecule has 0 aromatic carbocycles. The predicted molar refractivity (Wildman–Crippen MR) is 104 cm³/mol. The first-order chi connectivity index (χ1) is 12.8. The molecule has 0 N–H and O–H groups in total. The molecule has 0 amide bonds. The second-order valence-corrected chi connectivity index (χ2v) is 7.60. The lowest BCUT2D eigenvalue weighted by atomic mass is 9.69. The molecule has 3 unspecified atom stereocenters. The van der Waals surface area contributed by atoms with Crippen LogP contribution in [-0.4, -0.2) is 32.4 Å². The molecule has 0 aromatic rings. The second kappa shape index (κ2) is 9.18. The van der Waals surface area contributed by atoms with Crippen LogP contribution in [0.25, 0.3) is 0 Å². The lowest BCUT2D eigenvalue weighted by Crippen LogP contribution is -2.26. The van der Waals surface area contributed by atoms with Crippen molar-refractivity contribution in [2.24, 2.45) is 11.3 Å². The smallest absolute Gasteiger partial charge is 0.338 e. The van der Waals surface area contributed by atoms with Crippen molar-refractivity contribution in [2.75, 3.05) is 14.2 Å². The Hall–Kier alpha value is -2.14. The van der Waals surface area contributed by atoms with Crippen LogP contribution >= 0.6 is 0 Å².